The average Bonchev–Trinajstić information content (AvgIpc) is 3.22. The Morgan fingerprint density at radius 2 is 2.04 bits per heavy atom. The van der Waals surface area contributed by atoms with Crippen LogP contribution in [0.2, 0.25) is 0 Å². The van der Waals surface area contributed by atoms with Crippen molar-refractivity contribution in [2.75, 3.05) is 37.7 Å². The van der Waals surface area contributed by atoms with Gasteiger partial charge < -0.3 is 9.64 Å². The second kappa shape index (κ2) is 8.35. The molecule has 1 amide bonds. The Bertz CT molecular complexity index is 559. The first-order valence-corrected chi connectivity index (χ1v) is 11.7. The molecule has 3 aliphatic heterocycles. The van der Waals surface area contributed by atoms with Crippen LogP contribution in [-0.4, -0.2) is 80.1 Å². The topological polar surface area (TPSA) is 66.9 Å². The number of hydrogen-bond acceptors (Lipinski definition) is 5. The fourth-order valence-corrected chi connectivity index (χ4v) is 6.21. The number of carbonyl (C=O) groups is 1. The van der Waals surface area contributed by atoms with Gasteiger partial charge in [0.2, 0.25) is 5.91 Å². The van der Waals surface area contributed by atoms with E-state index in [1.54, 1.807) is 0 Å². The summed E-state index contributed by atoms with van der Waals surface area (Å²) < 4.78 is 29.5. The summed E-state index contributed by atoms with van der Waals surface area (Å²) in [7, 11) is -3.00. The molecule has 0 spiro atoms. The van der Waals surface area contributed by atoms with Crippen molar-refractivity contribution >= 4 is 15.7 Å². The van der Waals surface area contributed by atoms with Gasteiger partial charge in [-0.25, -0.2) is 8.42 Å². The molecule has 0 aromatic carbocycles. The molecule has 25 heavy (non-hydrogen) atoms. The maximum Gasteiger partial charge on any atom is 0.237 e. The quantitative estimate of drug-likeness (QED) is 0.706. The van der Waals surface area contributed by atoms with Crippen LogP contribution in [0.4, 0.5) is 0 Å². The molecule has 3 atom stereocenters. The predicted molar refractivity (Wildman–Crippen MR) is 97.2 cm³/mol. The molecule has 144 valence electrons. The molecule has 0 aromatic rings. The number of piperidine rings is 1. The fourth-order valence-electron chi connectivity index (χ4n) is 4.48. The molecular weight excluding hydrogens is 340 g/mol. The molecule has 3 aliphatic rings. The molecule has 3 saturated heterocycles. The van der Waals surface area contributed by atoms with Gasteiger partial charge in [0.05, 0.1) is 24.2 Å². The molecule has 3 heterocycles. The van der Waals surface area contributed by atoms with Gasteiger partial charge in [-0.2, -0.15) is 0 Å². The van der Waals surface area contributed by atoms with E-state index < -0.39 is 9.84 Å². The third kappa shape index (κ3) is 4.95. The maximum absolute atomic E-state index is 13.1. The van der Waals surface area contributed by atoms with E-state index in [0.717, 1.165) is 45.3 Å². The second-order valence-corrected chi connectivity index (χ2v) is 10.00. The minimum absolute atomic E-state index is 0.0654. The Morgan fingerprint density at radius 1 is 1.20 bits per heavy atom. The Labute approximate surface area is 151 Å². The summed E-state index contributed by atoms with van der Waals surface area (Å²) in [4.78, 5) is 17.2. The lowest BCUT2D eigenvalue weighted by Gasteiger charge is -2.37. The molecule has 0 bridgehead atoms. The van der Waals surface area contributed by atoms with E-state index >= 15 is 0 Å². The Kier molecular flexibility index (Phi) is 6.39. The fraction of sp³-hybridized carbons (Fsp3) is 0.944. The first-order valence-electron chi connectivity index (χ1n) is 9.84. The SMILES string of the molecule is CCC1CCCCN1CC(=O)N(CC1CCCO1)C1CCS(=O)(=O)C1. The van der Waals surface area contributed by atoms with Gasteiger partial charge in [0.1, 0.15) is 0 Å². The van der Waals surface area contributed by atoms with E-state index in [4.69, 9.17) is 4.74 Å². The van der Waals surface area contributed by atoms with E-state index in [-0.39, 0.29) is 29.6 Å². The lowest BCUT2D eigenvalue weighted by Crippen LogP contribution is -2.51. The predicted octanol–water partition coefficient (Wildman–Crippen LogP) is 1.45. The highest BCUT2D eigenvalue weighted by Gasteiger charge is 2.37. The number of rotatable bonds is 6. The molecule has 7 heteroatoms. The summed E-state index contributed by atoms with van der Waals surface area (Å²) in [5.41, 5.74) is 0. The van der Waals surface area contributed by atoms with E-state index in [9.17, 15) is 13.2 Å². The van der Waals surface area contributed by atoms with Gasteiger partial charge in [0.15, 0.2) is 9.84 Å². The zero-order valence-corrected chi connectivity index (χ0v) is 16.2. The van der Waals surface area contributed by atoms with Crippen molar-refractivity contribution in [3.8, 4) is 0 Å². The largest absolute Gasteiger partial charge is 0.376 e. The van der Waals surface area contributed by atoms with Crippen molar-refractivity contribution in [3.63, 3.8) is 0 Å². The molecule has 0 aliphatic carbocycles. The van der Waals surface area contributed by atoms with Crippen LogP contribution in [0.3, 0.4) is 0 Å². The molecule has 0 N–H and O–H groups in total. The molecular formula is C18H32N2O4S. The third-order valence-corrected chi connectivity index (χ3v) is 7.70. The highest BCUT2D eigenvalue weighted by molar-refractivity contribution is 7.91. The van der Waals surface area contributed by atoms with Gasteiger partial charge in [-0.05, 0) is 45.1 Å². The number of hydrogen-bond donors (Lipinski definition) is 0. The van der Waals surface area contributed by atoms with Gasteiger partial charge in [0.25, 0.3) is 0 Å². The highest BCUT2D eigenvalue weighted by atomic mass is 32.2. The molecule has 3 fully saturated rings. The minimum Gasteiger partial charge on any atom is -0.376 e. The van der Waals surface area contributed by atoms with Crippen molar-refractivity contribution in [3.05, 3.63) is 0 Å². The van der Waals surface area contributed by atoms with Crippen LogP contribution in [0, 0.1) is 0 Å². The monoisotopic (exact) mass is 372 g/mol. The zero-order valence-electron chi connectivity index (χ0n) is 15.4. The summed E-state index contributed by atoms with van der Waals surface area (Å²) >= 11 is 0. The molecule has 6 nitrogen and oxygen atoms in total. The van der Waals surface area contributed by atoms with Gasteiger partial charge in [-0.3, -0.25) is 9.69 Å². The summed E-state index contributed by atoms with van der Waals surface area (Å²) in [5.74, 6) is 0.398. The van der Waals surface area contributed by atoms with Crippen molar-refractivity contribution in [1.29, 1.82) is 0 Å². The van der Waals surface area contributed by atoms with Crippen molar-refractivity contribution in [1.82, 2.24) is 9.80 Å². The van der Waals surface area contributed by atoms with Crippen LogP contribution in [0.1, 0.15) is 51.9 Å². The molecule has 0 saturated carbocycles. The smallest absolute Gasteiger partial charge is 0.237 e. The van der Waals surface area contributed by atoms with Crippen molar-refractivity contribution < 1.29 is 17.9 Å². The Balaban J connectivity index is 1.67. The number of likely N-dealkylation sites (tertiary alicyclic amines) is 1. The normalized spacial score (nSPS) is 32.8. The minimum atomic E-state index is -3.00. The van der Waals surface area contributed by atoms with Crippen LogP contribution in [0.15, 0.2) is 0 Å². The number of amides is 1. The molecule has 3 unspecified atom stereocenters. The van der Waals surface area contributed by atoms with E-state index in [1.165, 1.54) is 6.42 Å². The Morgan fingerprint density at radius 3 is 2.68 bits per heavy atom. The van der Waals surface area contributed by atoms with Gasteiger partial charge in [0, 0.05) is 25.2 Å². The summed E-state index contributed by atoms with van der Waals surface area (Å²) in [6.45, 7) is 4.87. The maximum atomic E-state index is 13.1. The van der Waals surface area contributed by atoms with E-state index in [1.807, 2.05) is 4.90 Å². The van der Waals surface area contributed by atoms with E-state index in [2.05, 4.69) is 11.8 Å². The van der Waals surface area contributed by atoms with Gasteiger partial charge in [-0.15, -0.1) is 0 Å². The standard InChI is InChI=1S/C18H32N2O4S/c1-2-15-6-3-4-9-19(15)13-18(21)20(12-17-7-5-10-24-17)16-8-11-25(22,23)14-16/h15-17H,2-14H2,1H3. The first-order chi connectivity index (χ1) is 12.0. The van der Waals surface area contributed by atoms with Crippen LogP contribution in [0.25, 0.3) is 0 Å². The third-order valence-electron chi connectivity index (χ3n) is 5.95. The van der Waals surface area contributed by atoms with Crippen LogP contribution < -0.4 is 0 Å². The number of ether oxygens (including phenoxy) is 1. The zero-order chi connectivity index (χ0) is 17.9. The second-order valence-electron chi connectivity index (χ2n) is 7.77. The van der Waals surface area contributed by atoms with Crippen LogP contribution in [-0.2, 0) is 19.4 Å². The lowest BCUT2D eigenvalue weighted by atomic mass is 10.00. The van der Waals surface area contributed by atoms with Crippen molar-refractivity contribution in [2.24, 2.45) is 0 Å². The number of sulfone groups is 1. The average molecular weight is 373 g/mol. The van der Waals surface area contributed by atoms with Crippen LogP contribution in [0.5, 0.6) is 0 Å². The molecule has 0 aromatic heterocycles. The highest BCUT2D eigenvalue weighted by Crippen LogP contribution is 2.23. The number of nitrogens with zero attached hydrogens (tertiary/aromatic N) is 2. The Hall–Kier alpha value is -0.660. The lowest BCUT2D eigenvalue weighted by molar-refractivity contribution is -0.137. The van der Waals surface area contributed by atoms with Crippen molar-refractivity contribution in [2.45, 2.75) is 70.1 Å². The van der Waals surface area contributed by atoms with Gasteiger partial charge in [-0.1, -0.05) is 13.3 Å². The molecule has 0 radical (unpaired) electrons. The summed E-state index contributed by atoms with van der Waals surface area (Å²) in [5, 5.41) is 0. The van der Waals surface area contributed by atoms with Crippen LogP contribution >= 0.6 is 0 Å². The van der Waals surface area contributed by atoms with Gasteiger partial charge >= 0.3 is 0 Å². The summed E-state index contributed by atoms with van der Waals surface area (Å²) in [6, 6.07) is 0.307. The number of carbonyl (C=O) groups excluding carboxylic acids is 1. The first kappa shape index (κ1) is 19.1. The summed E-state index contributed by atoms with van der Waals surface area (Å²) in [6.07, 6.45) is 7.24. The molecule has 3 rings (SSSR count). The van der Waals surface area contributed by atoms with E-state index in [0.29, 0.717) is 25.6 Å².